The van der Waals surface area contributed by atoms with Crippen LogP contribution in [0.15, 0.2) is 0 Å². The normalized spacial score (nSPS) is 53.7. The molecule has 6 N–H and O–H groups in total. The minimum Gasteiger partial charge on any atom is -0.393 e. The molecule has 2 saturated heterocycles. The van der Waals surface area contributed by atoms with Gasteiger partial charge in [-0.15, -0.1) is 0 Å². The number of rotatable bonds is 4. The maximum atomic E-state index is 10.5. The van der Waals surface area contributed by atoms with Gasteiger partial charge in [0, 0.05) is 13.0 Å². The molecule has 0 bridgehead atoms. The summed E-state index contributed by atoms with van der Waals surface area (Å²) in [4.78, 5) is 0. The number of aliphatic hydroxyl groups excluding tert-OH is 6. The summed E-state index contributed by atoms with van der Waals surface area (Å²) in [5, 5.41) is 60.9. The summed E-state index contributed by atoms with van der Waals surface area (Å²) in [6.45, 7) is -0.163. The van der Waals surface area contributed by atoms with E-state index in [1.165, 1.54) is 0 Å². The molecule has 0 aromatic carbocycles. The predicted molar refractivity (Wildman–Crippen MR) is 105 cm³/mol. The van der Waals surface area contributed by atoms with E-state index in [4.69, 9.17) is 18.9 Å². The first-order valence-corrected chi connectivity index (χ1v) is 11.3. The zero-order valence-corrected chi connectivity index (χ0v) is 17.8. The molecule has 4 aliphatic rings. The summed E-state index contributed by atoms with van der Waals surface area (Å²) >= 11 is 0. The Hall–Kier alpha value is -0.400. The molecule has 0 amide bonds. The Labute approximate surface area is 181 Å². The molecule has 2 saturated carbocycles. The molecular weight excluding hydrogens is 412 g/mol. The van der Waals surface area contributed by atoms with Crippen LogP contribution in [-0.2, 0) is 18.9 Å². The molecule has 2 aliphatic heterocycles. The Balaban J connectivity index is 1.52. The highest BCUT2D eigenvalue weighted by Crippen LogP contribution is 2.43. The van der Waals surface area contributed by atoms with Crippen LogP contribution in [0.3, 0.4) is 0 Å². The Bertz CT molecular complexity index is 593. The first-order valence-electron chi connectivity index (χ1n) is 11.3. The van der Waals surface area contributed by atoms with Crippen molar-refractivity contribution in [1.82, 2.24) is 0 Å². The van der Waals surface area contributed by atoms with Gasteiger partial charge >= 0.3 is 0 Å². The fourth-order valence-electron chi connectivity index (χ4n) is 5.71. The summed E-state index contributed by atoms with van der Waals surface area (Å²) < 4.78 is 23.4. The van der Waals surface area contributed by atoms with E-state index in [0.29, 0.717) is 32.1 Å². The Morgan fingerprint density at radius 3 is 2.29 bits per heavy atom. The number of fused-ring (bicyclic) bond motifs is 1. The number of ether oxygens (including phenoxy) is 4. The molecule has 0 radical (unpaired) electrons. The maximum Gasteiger partial charge on any atom is 0.186 e. The molecule has 2 aliphatic carbocycles. The van der Waals surface area contributed by atoms with Crippen LogP contribution < -0.4 is 0 Å². The van der Waals surface area contributed by atoms with Crippen LogP contribution in [-0.4, -0.2) is 112 Å². The molecule has 31 heavy (non-hydrogen) atoms. The molecule has 4 rings (SSSR count). The van der Waals surface area contributed by atoms with Crippen LogP contribution in [0.5, 0.6) is 0 Å². The summed E-state index contributed by atoms with van der Waals surface area (Å²) in [5.74, 6) is -0.222. The number of methoxy groups -OCH3 is 1. The van der Waals surface area contributed by atoms with Crippen molar-refractivity contribution in [3.63, 3.8) is 0 Å². The smallest absolute Gasteiger partial charge is 0.186 e. The van der Waals surface area contributed by atoms with Crippen LogP contribution in [0.1, 0.15) is 38.5 Å². The van der Waals surface area contributed by atoms with E-state index >= 15 is 0 Å². The maximum absolute atomic E-state index is 10.5. The molecule has 0 aromatic heterocycles. The predicted octanol–water partition coefficient (Wildman–Crippen LogP) is -1.72. The molecule has 13 atom stereocenters. The lowest BCUT2D eigenvalue weighted by atomic mass is 9.72. The van der Waals surface area contributed by atoms with Crippen molar-refractivity contribution in [2.75, 3.05) is 13.7 Å². The first-order chi connectivity index (χ1) is 14.8. The van der Waals surface area contributed by atoms with Crippen LogP contribution in [0, 0.1) is 11.8 Å². The molecule has 10 heteroatoms. The Morgan fingerprint density at radius 1 is 0.774 bits per heavy atom. The third-order valence-electron chi connectivity index (χ3n) is 7.52. The van der Waals surface area contributed by atoms with Crippen LogP contribution in [0.2, 0.25) is 0 Å². The average Bonchev–Trinajstić information content (AvgIpc) is 2.74. The van der Waals surface area contributed by atoms with E-state index in [1.807, 2.05) is 0 Å². The van der Waals surface area contributed by atoms with Gasteiger partial charge in [-0.1, -0.05) is 0 Å². The number of hydrogen-bond donors (Lipinski definition) is 6. The lowest BCUT2D eigenvalue weighted by Crippen LogP contribution is -2.60. The molecule has 10 nitrogen and oxygen atoms in total. The van der Waals surface area contributed by atoms with Gasteiger partial charge < -0.3 is 49.6 Å². The highest BCUT2D eigenvalue weighted by atomic mass is 16.7. The van der Waals surface area contributed by atoms with Crippen LogP contribution in [0.25, 0.3) is 0 Å². The third kappa shape index (κ3) is 4.93. The van der Waals surface area contributed by atoms with Crippen LogP contribution >= 0.6 is 0 Å². The quantitative estimate of drug-likeness (QED) is 0.292. The van der Waals surface area contributed by atoms with E-state index in [9.17, 15) is 30.6 Å². The molecular formula is C21H36O10. The van der Waals surface area contributed by atoms with E-state index < -0.39 is 55.1 Å². The summed E-state index contributed by atoms with van der Waals surface area (Å²) in [6, 6.07) is 0. The minimum atomic E-state index is -1.42. The lowest BCUT2D eigenvalue weighted by Gasteiger charge is -2.51. The number of aliphatic hydroxyl groups is 6. The highest BCUT2D eigenvalue weighted by molar-refractivity contribution is 4.98. The summed E-state index contributed by atoms with van der Waals surface area (Å²) in [5.41, 5.74) is 0. The molecule has 0 aromatic rings. The van der Waals surface area contributed by atoms with Gasteiger partial charge in [0.2, 0.25) is 0 Å². The van der Waals surface area contributed by atoms with Crippen molar-refractivity contribution in [2.45, 2.75) is 106 Å². The summed E-state index contributed by atoms with van der Waals surface area (Å²) in [7, 11) is 1.56. The standard InChI is InChI=1S/C21H36O10/c1-28-16-4-9(2-3-12(16)23)20-17(31-21-19(27)18(26)14(25)8-29-21)7-11-13(24)5-10(22)6-15(11)30-20/h9-27H,2-8H2,1H3/t9?,10?,11?,12?,13?,14-,15?,16?,17?,18-,19+,20?,21+/m1/s1. The van der Waals surface area contributed by atoms with Gasteiger partial charge in [0.25, 0.3) is 0 Å². The van der Waals surface area contributed by atoms with E-state index in [0.717, 1.165) is 0 Å². The van der Waals surface area contributed by atoms with Gasteiger partial charge in [-0.25, -0.2) is 0 Å². The lowest BCUT2D eigenvalue weighted by molar-refractivity contribution is -0.313. The van der Waals surface area contributed by atoms with Gasteiger partial charge in [-0.3, -0.25) is 0 Å². The van der Waals surface area contributed by atoms with Gasteiger partial charge in [-0.2, -0.15) is 0 Å². The largest absolute Gasteiger partial charge is 0.393 e. The van der Waals surface area contributed by atoms with Gasteiger partial charge in [0.15, 0.2) is 6.29 Å². The zero-order valence-electron chi connectivity index (χ0n) is 17.8. The molecule has 2 heterocycles. The molecule has 4 fully saturated rings. The Morgan fingerprint density at radius 2 is 1.55 bits per heavy atom. The molecule has 9 unspecified atom stereocenters. The van der Waals surface area contributed by atoms with E-state index in [1.54, 1.807) is 7.11 Å². The van der Waals surface area contributed by atoms with Crippen molar-refractivity contribution in [3.05, 3.63) is 0 Å². The highest BCUT2D eigenvalue weighted by Gasteiger charge is 2.50. The van der Waals surface area contributed by atoms with Gasteiger partial charge in [-0.05, 0) is 44.4 Å². The first kappa shape index (κ1) is 23.7. The van der Waals surface area contributed by atoms with Gasteiger partial charge in [0.1, 0.15) is 18.3 Å². The van der Waals surface area contributed by atoms with Crippen molar-refractivity contribution in [3.8, 4) is 0 Å². The number of hydrogen-bond acceptors (Lipinski definition) is 10. The monoisotopic (exact) mass is 448 g/mol. The second-order valence-corrected chi connectivity index (χ2v) is 9.57. The SMILES string of the molecule is COC1CC(C2OC3CC(O)CC(O)C3CC2O[C@@H]2OC[C@@H](O)[C@@H](O)[C@@H]2O)CCC1O. The van der Waals surface area contributed by atoms with E-state index in [2.05, 4.69) is 0 Å². The Kier molecular flexibility index (Phi) is 7.54. The molecule has 0 spiro atoms. The fourth-order valence-corrected chi connectivity index (χ4v) is 5.71. The van der Waals surface area contributed by atoms with Crippen molar-refractivity contribution >= 4 is 0 Å². The minimum absolute atomic E-state index is 0.00626. The molecule has 180 valence electrons. The van der Waals surface area contributed by atoms with Crippen molar-refractivity contribution in [1.29, 1.82) is 0 Å². The van der Waals surface area contributed by atoms with E-state index in [-0.39, 0.29) is 37.1 Å². The topological polar surface area (TPSA) is 158 Å². The van der Waals surface area contributed by atoms with Crippen molar-refractivity contribution in [2.24, 2.45) is 11.8 Å². The average molecular weight is 449 g/mol. The van der Waals surface area contributed by atoms with Crippen molar-refractivity contribution < 1.29 is 49.6 Å². The summed E-state index contributed by atoms with van der Waals surface area (Å²) in [6.07, 6.45) is -5.64. The van der Waals surface area contributed by atoms with Crippen LogP contribution in [0.4, 0.5) is 0 Å². The zero-order chi connectivity index (χ0) is 22.3. The second kappa shape index (κ2) is 9.84. The third-order valence-corrected chi connectivity index (χ3v) is 7.52. The fraction of sp³-hybridized carbons (Fsp3) is 1.00. The van der Waals surface area contributed by atoms with Gasteiger partial charge in [0.05, 0.1) is 49.3 Å². The second-order valence-electron chi connectivity index (χ2n) is 9.57.